The standard InChI is InChI=1S/C21H30N2O2/c1-15-18(22-20(24)16-9-4-2-5-10-16)13-8-14-19(15)23-21(25)17-11-6-3-7-12-17/h8,13-14,16-17H,2-7,9-12H2,1H3,(H,22,24)(H,23,25). The van der Waals surface area contributed by atoms with Crippen LogP contribution < -0.4 is 10.6 Å². The van der Waals surface area contributed by atoms with E-state index in [1.54, 1.807) is 0 Å². The van der Waals surface area contributed by atoms with Gasteiger partial charge in [-0.2, -0.15) is 0 Å². The van der Waals surface area contributed by atoms with Crippen molar-refractivity contribution in [3.63, 3.8) is 0 Å². The molecule has 0 bridgehead atoms. The number of nitrogens with one attached hydrogen (secondary N) is 2. The summed E-state index contributed by atoms with van der Waals surface area (Å²) in [6, 6.07) is 5.75. The molecule has 0 atom stereocenters. The highest BCUT2D eigenvalue weighted by Crippen LogP contribution is 2.29. The Morgan fingerprint density at radius 1 is 0.760 bits per heavy atom. The first-order valence-corrected chi connectivity index (χ1v) is 9.86. The fourth-order valence-corrected chi connectivity index (χ4v) is 4.11. The van der Waals surface area contributed by atoms with Gasteiger partial charge in [-0.3, -0.25) is 9.59 Å². The molecule has 2 fully saturated rings. The molecule has 2 amide bonds. The maximum atomic E-state index is 12.5. The maximum absolute atomic E-state index is 12.5. The number of hydrogen-bond donors (Lipinski definition) is 2. The lowest BCUT2D eigenvalue weighted by atomic mass is 9.88. The summed E-state index contributed by atoms with van der Waals surface area (Å²) in [5.41, 5.74) is 2.57. The summed E-state index contributed by atoms with van der Waals surface area (Å²) in [4.78, 5) is 25.0. The van der Waals surface area contributed by atoms with Crippen LogP contribution in [0.25, 0.3) is 0 Å². The molecule has 4 nitrogen and oxygen atoms in total. The number of benzene rings is 1. The van der Waals surface area contributed by atoms with Crippen LogP contribution in [-0.2, 0) is 9.59 Å². The largest absolute Gasteiger partial charge is 0.326 e. The van der Waals surface area contributed by atoms with Gasteiger partial charge in [0.1, 0.15) is 0 Å². The third kappa shape index (κ3) is 4.62. The van der Waals surface area contributed by atoms with Gasteiger partial charge in [0, 0.05) is 23.2 Å². The predicted octanol–water partition coefficient (Wildman–Crippen LogP) is 5.03. The molecule has 0 spiro atoms. The second kappa shape index (κ2) is 8.50. The molecular weight excluding hydrogens is 312 g/mol. The number of anilines is 2. The van der Waals surface area contributed by atoms with Crippen molar-refractivity contribution in [2.75, 3.05) is 10.6 Å². The van der Waals surface area contributed by atoms with Gasteiger partial charge in [0.05, 0.1) is 0 Å². The van der Waals surface area contributed by atoms with Gasteiger partial charge in [0.2, 0.25) is 11.8 Å². The zero-order valence-electron chi connectivity index (χ0n) is 15.3. The van der Waals surface area contributed by atoms with E-state index in [1.165, 1.54) is 12.8 Å². The van der Waals surface area contributed by atoms with Gasteiger partial charge in [-0.25, -0.2) is 0 Å². The summed E-state index contributed by atoms with van der Waals surface area (Å²) in [5, 5.41) is 6.17. The van der Waals surface area contributed by atoms with E-state index in [0.29, 0.717) is 0 Å². The molecule has 1 aromatic carbocycles. The van der Waals surface area contributed by atoms with Crippen LogP contribution in [0.1, 0.15) is 69.8 Å². The quantitative estimate of drug-likeness (QED) is 0.806. The van der Waals surface area contributed by atoms with Gasteiger partial charge in [-0.1, -0.05) is 44.6 Å². The first kappa shape index (κ1) is 18.0. The Morgan fingerprint density at radius 2 is 1.16 bits per heavy atom. The van der Waals surface area contributed by atoms with Crippen LogP contribution in [0, 0.1) is 18.8 Å². The molecule has 0 unspecified atom stereocenters. The molecule has 2 aliphatic rings. The van der Waals surface area contributed by atoms with Gasteiger partial charge < -0.3 is 10.6 Å². The van der Waals surface area contributed by atoms with E-state index in [0.717, 1.165) is 68.3 Å². The molecule has 1 aromatic rings. The van der Waals surface area contributed by atoms with E-state index in [4.69, 9.17) is 0 Å². The summed E-state index contributed by atoms with van der Waals surface area (Å²) in [7, 11) is 0. The lowest BCUT2D eigenvalue weighted by molar-refractivity contribution is -0.121. The minimum atomic E-state index is 0.124. The van der Waals surface area contributed by atoms with Crippen LogP contribution in [0.5, 0.6) is 0 Å². The van der Waals surface area contributed by atoms with Crippen LogP contribution in [0.4, 0.5) is 11.4 Å². The smallest absolute Gasteiger partial charge is 0.227 e. The monoisotopic (exact) mass is 342 g/mol. The van der Waals surface area contributed by atoms with Crippen molar-refractivity contribution in [2.24, 2.45) is 11.8 Å². The maximum Gasteiger partial charge on any atom is 0.227 e. The molecule has 2 aliphatic carbocycles. The van der Waals surface area contributed by atoms with E-state index in [1.807, 2.05) is 25.1 Å². The molecule has 3 rings (SSSR count). The molecule has 0 aliphatic heterocycles. The third-order valence-corrected chi connectivity index (χ3v) is 5.80. The van der Waals surface area contributed by atoms with Crippen molar-refractivity contribution >= 4 is 23.2 Å². The number of carbonyl (C=O) groups is 2. The Bertz CT molecular complexity index is 564. The molecular formula is C21H30N2O2. The first-order chi connectivity index (χ1) is 12.1. The second-order valence-corrected chi connectivity index (χ2v) is 7.63. The van der Waals surface area contributed by atoms with Gasteiger partial charge >= 0.3 is 0 Å². The van der Waals surface area contributed by atoms with E-state index in [2.05, 4.69) is 10.6 Å². The SMILES string of the molecule is Cc1c(NC(=O)C2CCCCC2)cccc1NC(=O)C1CCCCC1. The zero-order valence-corrected chi connectivity index (χ0v) is 15.3. The first-order valence-electron chi connectivity index (χ1n) is 9.86. The molecule has 2 N–H and O–H groups in total. The molecule has 0 radical (unpaired) electrons. The normalized spacial score (nSPS) is 19.4. The van der Waals surface area contributed by atoms with Crippen molar-refractivity contribution in [3.8, 4) is 0 Å². The Morgan fingerprint density at radius 3 is 1.56 bits per heavy atom. The van der Waals surface area contributed by atoms with Gasteiger partial charge in [-0.15, -0.1) is 0 Å². The van der Waals surface area contributed by atoms with Gasteiger partial charge in [-0.05, 0) is 50.3 Å². The molecule has 136 valence electrons. The Balaban J connectivity index is 1.64. The lowest BCUT2D eigenvalue weighted by Gasteiger charge is -2.23. The highest BCUT2D eigenvalue weighted by Gasteiger charge is 2.23. The van der Waals surface area contributed by atoms with Crippen LogP contribution in [-0.4, -0.2) is 11.8 Å². The molecule has 0 heterocycles. The molecule has 0 saturated heterocycles. The number of hydrogen-bond acceptors (Lipinski definition) is 2. The third-order valence-electron chi connectivity index (χ3n) is 5.80. The number of rotatable bonds is 4. The lowest BCUT2D eigenvalue weighted by Crippen LogP contribution is -2.26. The summed E-state index contributed by atoms with van der Waals surface area (Å²) >= 11 is 0. The van der Waals surface area contributed by atoms with Crippen molar-refractivity contribution in [1.29, 1.82) is 0 Å². The Kier molecular flexibility index (Phi) is 6.11. The van der Waals surface area contributed by atoms with Crippen molar-refractivity contribution in [2.45, 2.75) is 71.1 Å². The minimum absolute atomic E-state index is 0.124. The summed E-state index contributed by atoms with van der Waals surface area (Å²) < 4.78 is 0. The summed E-state index contributed by atoms with van der Waals surface area (Å²) in [5.74, 6) is 0.513. The fraction of sp³-hybridized carbons (Fsp3) is 0.619. The fourth-order valence-electron chi connectivity index (χ4n) is 4.11. The van der Waals surface area contributed by atoms with Gasteiger partial charge in [0.15, 0.2) is 0 Å². The van der Waals surface area contributed by atoms with Crippen LogP contribution >= 0.6 is 0 Å². The van der Waals surface area contributed by atoms with Gasteiger partial charge in [0.25, 0.3) is 0 Å². The zero-order chi connectivity index (χ0) is 17.6. The Labute approximate surface area is 150 Å². The highest BCUT2D eigenvalue weighted by atomic mass is 16.2. The highest BCUT2D eigenvalue weighted by molar-refractivity contribution is 5.97. The Hall–Kier alpha value is -1.84. The predicted molar refractivity (Wildman–Crippen MR) is 102 cm³/mol. The second-order valence-electron chi connectivity index (χ2n) is 7.63. The molecule has 25 heavy (non-hydrogen) atoms. The molecule has 0 aromatic heterocycles. The topological polar surface area (TPSA) is 58.2 Å². The molecule has 2 saturated carbocycles. The average Bonchev–Trinajstić information content (AvgIpc) is 2.66. The number of carbonyl (C=O) groups excluding carboxylic acids is 2. The summed E-state index contributed by atoms with van der Waals surface area (Å²) in [6.45, 7) is 1.97. The average molecular weight is 342 g/mol. The van der Waals surface area contributed by atoms with Crippen molar-refractivity contribution in [3.05, 3.63) is 23.8 Å². The van der Waals surface area contributed by atoms with Crippen LogP contribution in [0.15, 0.2) is 18.2 Å². The minimum Gasteiger partial charge on any atom is -0.326 e. The van der Waals surface area contributed by atoms with Crippen LogP contribution in [0.2, 0.25) is 0 Å². The molecule has 4 heteroatoms. The van der Waals surface area contributed by atoms with E-state index in [-0.39, 0.29) is 23.7 Å². The summed E-state index contributed by atoms with van der Waals surface area (Å²) in [6.07, 6.45) is 11.0. The van der Waals surface area contributed by atoms with E-state index in [9.17, 15) is 9.59 Å². The van der Waals surface area contributed by atoms with Crippen molar-refractivity contribution in [1.82, 2.24) is 0 Å². The van der Waals surface area contributed by atoms with E-state index < -0.39 is 0 Å². The van der Waals surface area contributed by atoms with Crippen LogP contribution in [0.3, 0.4) is 0 Å². The van der Waals surface area contributed by atoms with Crippen molar-refractivity contribution < 1.29 is 9.59 Å². The van der Waals surface area contributed by atoms with E-state index >= 15 is 0 Å². The number of amides is 2.